The van der Waals surface area contributed by atoms with Crippen molar-refractivity contribution in [3.63, 3.8) is 0 Å². The van der Waals surface area contributed by atoms with Crippen LogP contribution in [-0.4, -0.2) is 47.7 Å². The Morgan fingerprint density at radius 2 is 1.89 bits per heavy atom. The van der Waals surface area contributed by atoms with E-state index in [0.29, 0.717) is 25.9 Å². The van der Waals surface area contributed by atoms with Gasteiger partial charge in [0.05, 0.1) is 11.5 Å². The number of anilines is 1. The van der Waals surface area contributed by atoms with Crippen LogP contribution in [0.1, 0.15) is 46.5 Å². The molecule has 1 aliphatic heterocycles. The fourth-order valence-corrected chi connectivity index (χ4v) is 9.43. The Kier molecular flexibility index (Phi) is 5.07. The molecule has 5 aliphatic rings. The summed E-state index contributed by atoms with van der Waals surface area (Å²) < 4.78 is 33.2. The molecule has 0 aromatic heterocycles. The Labute approximate surface area is 211 Å². The van der Waals surface area contributed by atoms with Crippen LogP contribution in [0.2, 0.25) is 0 Å². The first-order chi connectivity index (χ1) is 17.0. The highest BCUT2D eigenvalue weighted by atomic mass is 19.1. The van der Waals surface area contributed by atoms with Gasteiger partial charge in [0.15, 0.2) is 11.5 Å². The van der Waals surface area contributed by atoms with Gasteiger partial charge in [-0.15, -0.1) is 0 Å². The molecule has 1 saturated heterocycles. The summed E-state index contributed by atoms with van der Waals surface area (Å²) in [6.07, 6.45) is 2.30. The highest BCUT2D eigenvalue weighted by Crippen LogP contribution is 2.74. The van der Waals surface area contributed by atoms with Crippen LogP contribution in [0.5, 0.6) is 0 Å². The number of carbonyl (C=O) groups excluding carboxylic acids is 2. The number of rotatable bonds is 3. The van der Waals surface area contributed by atoms with Gasteiger partial charge in [0.25, 0.3) is 0 Å². The SMILES string of the molecule is CCC(=O)[C@@]12CN(c3ccccc3)C[C@@H]1C[C@H]1[C@@H]3C[C@H](F)C4=CC(=O)C=C[C@]4(C)[C@@]3(F)[C@@H](O)C[C@@]12C. The maximum absolute atomic E-state index is 17.4. The van der Waals surface area contributed by atoms with Gasteiger partial charge in [-0.25, -0.2) is 8.78 Å². The molecule has 1 aromatic rings. The Morgan fingerprint density at radius 1 is 1.17 bits per heavy atom. The van der Waals surface area contributed by atoms with Crippen LogP contribution >= 0.6 is 0 Å². The lowest BCUT2D eigenvalue weighted by molar-refractivity contribution is -0.210. The molecule has 0 spiro atoms. The van der Waals surface area contributed by atoms with Gasteiger partial charge in [0.1, 0.15) is 12.0 Å². The number of hydrogen-bond donors (Lipinski definition) is 1. The zero-order valence-electron chi connectivity index (χ0n) is 21.2. The van der Waals surface area contributed by atoms with Crippen LogP contribution in [0.4, 0.5) is 14.5 Å². The van der Waals surface area contributed by atoms with Crippen molar-refractivity contribution in [2.75, 3.05) is 18.0 Å². The van der Waals surface area contributed by atoms with Crippen molar-refractivity contribution in [3.05, 3.63) is 54.1 Å². The second kappa shape index (κ2) is 7.59. The number of hydrogen-bond acceptors (Lipinski definition) is 4. The zero-order valence-corrected chi connectivity index (χ0v) is 21.2. The van der Waals surface area contributed by atoms with E-state index in [0.717, 1.165) is 5.69 Å². The van der Waals surface area contributed by atoms with Crippen molar-refractivity contribution in [2.24, 2.45) is 34.0 Å². The number of alkyl halides is 2. The van der Waals surface area contributed by atoms with Crippen LogP contribution in [-0.2, 0) is 9.59 Å². The zero-order chi connectivity index (χ0) is 25.7. The summed E-state index contributed by atoms with van der Waals surface area (Å²) in [6.45, 7) is 6.81. The van der Waals surface area contributed by atoms with Gasteiger partial charge < -0.3 is 10.0 Å². The van der Waals surface area contributed by atoms with Crippen molar-refractivity contribution in [1.29, 1.82) is 0 Å². The number of allylic oxidation sites excluding steroid dienone is 4. The molecule has 0 amide bonds. The van der Waals surface area contributed by atoms with Crippen molar-refractivity contribution >= 4 is 17.3 Å². The molecule has 4 fully saturated rings. The predicted octanol–water partition coefficient (Wildman–Crippen LogP) is 5.02. The Bertz CT molecular complexity index is 1180. The summed E-state index contributed by atoms with van der Waals surface area (Å²) >= 11 is 0. The van der Waals surface area contributed by atoms with E-state index in [1.54, 1.807) is 6.92 Å². The maximum Gasteiger partial charge on any atom is 0.178 e. The summed E-state index contributed by atoms with van der Waals surface area (Å²) in [7, 11) is 0. The van der Waals surface area contributed by atoms with E-state index in [-0.39, 0.29) is 41.8 Å². The van der Waals surface area contributed by atoms with Gasteiger partial charge >= 0.3 is 0 Å². The molecule has 3 saturated carbocycles. The largest absolute Gasteiger partial charge is 0.390 e. The lowest BCUT2D eigenvalue weighted by atomic mass is 9.43. The molecule has 6 heteroatoms. The number of halogens is 2. The van der Waals surface area contributed by atoms with Crippen LogP contribution < -0.4 is 4.90 Å². The quantitative estimate of drug-likeness (QED) is 0.640. The lowest BCUT2D eigenvalue weighted by Crippen LogP contribution is -2.69. The molecule has 0 radical (unpaired) electrons. The molecular formula is C30H35F2NO3. The molecule has 36 heavy (non-hydrogen) atoms. The third-order valence-corrected chi connectivity index (χ3v) is 11.1. The van der Waals surface area contributed by atoms with Gasteiger partial charge in [0.2, 0.25) is 0 Å². The molecule has 6 rings (SSSR count). The van der Waals surface area contributed by atoms with Crippen molar-refractivity contribution in [3.8, 4) is 0 Å². The summed E-state index contributed by atoms with van der Waals surface area (Å²) in [6, 6.07) is 10.0. The van der Waals surface area contributed by atoms with E-state index >= 15 is 8.78 Å². The Hall–Kier alpha value is -2.34. The fourth-order valence-electron chi connectivity index (χ4n) is 9.43. The Morgan fingerprint density at radius 3 is 2.58 bits per heavy atom. The molecule has 0 bridgehead atoms. The average molecular weight is 496 g/mol. The molecule has 4 nitrogen and oxygen atoms in total. The van der Waals surface area contributed by atoms with E-state index < -0.39 is 40.1 Å². The van der Waals surface area contributed by atoms with E-state index in [1.807, 2.05) is 37.3 Å². The third-order valence-electron chi connectivity index (χ3n) is 11.1. The first-order valence-electron chi connectivity index (χ1n) is 13.3. The molecular weight excluding hydrogens is 460 g/mol. The second-order valence-electron chi connectivity index (χ2n) is 12.3. The standard InChI is InChI=1S/C30H35F2NO3/c1-4-25(35)29-17-33(19-8-6-5-7-9-19)16-18(29)12-21-22-14-24(31)23-13-20(34)10-11-27(23,2)30(22,32)26(36)15-28(21,29)3/h5-11,13,18,21-22,24,26,36H,4,12,14-17H2,1-3H3/t18-,21-,22-,24-,26-,27-,28-,29+,30-/m0/s1. The summed E-state index contributed by atoms with van der Waals surface area (Å²) in [5.74, 6) is -1.13. The number of fused-ring (bicyclic) bond motifs is 7. The van der Waals surface area contributed by atoms with Crippen molar-refractivity contribution in [2.45, 2.75) is 64.4 Å². The smallest absolute Gasteiger partial charge is 0.178 e. The van der Waals surface area contributed by atoms with E-state index in [4.69, 9.17) is 0 Å². The lowest BCUT2D eigenvalue weighted by Gasteiger charge is -2.63. The van der Waals surface area contributed by atoms with Crippen LogP contribution in [0.25, 0.3) is 0 Å². The van der Waals surface area contributed by atoms with Crippen molar-refractivity contribution in [1.82, 2.24) is 0 Å². The number of para-hydroxylation sites is 1. The number of benzene rings is 1. The minimum atomic E-state index is -2.10. The van der Waals surface area contributed by atoms with E-state index in [1.165, 1.54) is 18.2 Å². The molecule has 1 aromatic carbocycles. The molecule has 192 valence electrons. The number of aliphatic hydroxyl groups is 1. The monoisotopic (exact) mass is 495 g/mol. The first kappa shape index (κ1) is 24.0. The number of aliphatic hydroxyl groups excluding tert-OH is 1. The highest BCUT2D eigenvalue weighted by Gasteiger charge is 2.78. The summed E-state index contributed by atoms with van der Waals surface area (Å²) in [5, 5.41) is 11.6. The number of nitrogens with zero attached hydrogens (tertiary/aromatic N) is 1. The van der Waals surface area contributed by atoms with Gasteiger partial charge in [-0.05, 0) is 73.3 Å². The van der Waals surface area contributed by atoms with Crippen LogP contribution in [0.3, 0.4) is 0 Å². The van der Waals surface area contributed by atoms with Crippen LogP contribution in [0, 0.1) is 34.0 Å². The van der Waals surface area contributed by atoms with Gasteiger partial charge in [-0.1, -0.05) is 38.1 Å². The molecule has 0 unspecified atom stereocenters. The second-order valence-corrected chi connectivity index (χ2v) is 12.3. The average Bonchev–Trinajstić information content (AvgIpc) is 3.36. The molecule has 4 aliphatic carbocycles. The summed E-state index contributed by atoms with van der Waals surface area (Å²) in [5.41, 5.74) is -3.65. The number of Topliss-reactive ketones (excluding diaryl/α,β-unsaturated/α-hetero) is 1. The molecule has 9 atom stereocenters. The highest BCUT2D eigenvalue weighted by molar-refractivity contribution is 6.01. The minimum absolute atomic E-state index is 0.0148. The number of carbonyl (C=O) groups is 2. The fraction of sp³-hybridized carbons (Fsp3) is 0.600. The first-order valence-corrected chi connectivity index (χ1v) is 13.3. The summed E-state index contributed by atoms with van der Waals surface area (Å²) in [4.78, 5) is 28.2. The van der Waals surface area contributed by atoms with E-state index in [2.05, 4.69) is 11.8 Å². The Balaban J connectivity index is 1.46. The number of ketones is 2. The van der Waals surface area contributed by atoms with Gasteiger partial charge in [-0.2, -0.15) is 0 Å². The van der Waals surface area contributed by atoms with Crippen molar-refractivity contribution < 1.29 is 23.5 Å². The normalized spacial score (nSPS) is 47.1. The third kappa shape index (κ3) is 2.67. The minimum Gasteiger partial charge on any atom is -0.390 e. The van der Waals surface area contributed by atoms with Gasteiger partial charge in [-0.3, -0.25) is 9.59 Å². The van der Waals surface area contributed by atoms with E-state index in [9.17, 15) is 14.7 Å². The topological polar surface area (TPSA) is 57.6 Å². The maximum atomic E-state index is 17.4. The van der Waals surface area contributed by atoms with Crippen LogP contribution in [0.15, 0.2) is 54.1 Å². The van der Waals surface area contributed by atoms with Gasteiger partial charge in [0, 0.05) is 36.5 Å². The predicted molar refractivity (Wildman–Crippen MR) is 134 cm³/mol. The molecule has 1 heterocycles. The molecule has 1 N–H and O–H groups in total.